The lowest BCUT2D eigenvalue weighted by molar-refractivity contribution is -0.113. The summed E-state index contributed by atoms with van der Waals surface area (Å²) in [6.07, 6.45) is -0.341. The van der Waals surface area contributed by atoms with Crippen LogP contribution in [0.25, 0.3) is 0 Å². The van der Waals surface area contributed by atoms with Crippen molar-refractivity contribution in [3.05, 3.63) is 58.8 Å². The average molecular weight is 477 g/mol. The Balaban J connectivity index is 1.61. The summed E-state index contributed by atoms with van der Waals surface area (Å²) in [6.45, 7) is 1.89. The highest BCUT2D eigenvalue weighted by atomic mass is 79.9. The van der Waals surface area contributed by atoms with Crippen molar-refractivity contribution >= 4 is 39.3 Å². The fraction of sp³-hybridized carbons (Fsp3) is 0.250. The van der Waals surface area contributed by atoms with Crippen LogP contribution in [0.4, 0.5) is 5.69 Å². The Morgan fingerprint density at radius 1 is 1.17 bits per heavy atom. The van der Waals surface area contributed by atoms with Gasteiger partial charge >= 0.3 is 0 Å². The molecule has 1 amide bonds. The minimum atomic E-state index is -0.341. The number of nitrogens with one attached hydrogen (secondary N) is 1. The van der Waals surface area contributed by atoms with Crippen LogP contribution in [0.15, 0.2) is 58.2 Å². The van der Waals surface area contributed by atoms with Gasteiger partial charge in [0.05, 0.1) is 18.6 Å². The van der Waals surface area contributed by atoms with E-state index >= 15 is 0 Å². The second-order valence-electron chi connectivity index (χ2n) is 6.13. The molecule has 1 N–H and O–H groups in total. The number of carbonyl (C=O) groups is 1. The second kappa shape index (κ2) is 9.80. The van der Waals surface area contributed by atoms with Gasteiger partial charge in [-0.15, -0.1) is 10.2 Å². The first-order valence-electron chi connectivity index (χ1n) is 8.85. The molecule has 0 fully saturated rings. The normalized spacial score (nSPS) is 11.7. The van der Waals surface area contributed by atoms with Gasteiger partial charge in [-0.05, 0) is 47.1 Å². The first kappa shape index (κ1) is 21.2. The number of hydrogen-bond acceptors (Lipinski definition) is 6. The van der Waals surface area contributed by atoms with Gasteiger partial charge < -0.3 is 19.4 Å². The van der Waals surface area contributed by atoms with E-state index in [-0.39, 0.29) is 17.8 Å². The summed E-state index contributed by atoms with van der Waals surface area (Å²) < 4.78 is 14.0. The van der Waals surface area contributed by atoms with Gasteiger partial charge in [0.25, 0.3) is 0 Å². The van der Waals surface area contributed by atoms with Crippen molar-refractivity contribution < 1.29 is 14.3 Å². The fourth-order valence-electron chi connectivity index (χ4n) is 2.64. The van der Waals surface area contributed by atoms with E-state index in [1.807, 2.05) is 67.1 Å². The predicted octanol–water partition coefficient (Wildman–Crippen LogP) is 4.46. The van der Waals surface area contributed by atoms with E-state index in [2.05, 4.69) is 31.4 Å². The number of aromatic nitrogens is 3. The number of hydrogen-bond donors (Lipinski definition) is 1. The Morgan fingerprint density at radius 3 is 2.59 bits per heavy atom. The molecule has 3 rings (SSSR count). The van der Waals surface area contributed by atoms with Crippen LogP contribution in [0.5, 0.6) is 11.5 Å². The molecule has 3 aromatic rings. The van der Waals surface area contributed by atoms with Crippen molar-refractivity contribution in [1.82, 2.24) is 14.8 Å². The molecule has 0 aliphatic heterocycles. The smallest absolute Gasteiger partial charge is 0.234 e. The molecule has 0 bridgehead atoms. The summed E-state index contributed by atoms with van der Waals surface area (Å²) in [5.74, 6) is 2.04. The Bertz CT molecular complexity index is 995. The molecule has 0 radical (unpaired) electrons. The van der Waals surface area contributed by atoms with Crippen molar-refractivity contribution in [3.63, 3.8) is 0 Å². The van der Waals surface area contributed by atoms with Crippen LogP contribution >= 0.6 is 27.7 Å². The minimum absolute atomic E-state index is 0.121. The number of benzene rings is 2. The van der Waals surface area contributed by atoms with E-state index in [4.69, 9.17) is 9.47 Å². The summed E-state index contributed by atoms with van der Waals surface area (Å²) in [5, 5.41) is 11.9. The number of para-hydroxylation sites is 3. The van der Waals surface area contributed by atoms with E-state index in [9.17, 15) is 4.79 Å². The van der Waals surface area contributed by atoms with E-state index in [1.54, 1.807) is 7.11 Å². The molecule has 7 nitrogen and oxygen atoms in total. The summed E-state index contributed by atoms with van der Waals surface area (Å²) in [4.78, 5) is 12.3. The summed E-state index contributed by atoms with van der Waals surface area (Å²) in [6, 6.07) is 14.9. The molecule has 0 aliphatic rings. The van der Waals surface area contributed by atoms with Crippen LogP contribution in [0.2, 0.25) is 0 Å². The summed E-state index contributed by atoms with van der Waals surface area (Å²) in [5.41, 5.74) is 0.732. The van der Waals surface area contributed by atoms with Crippen molar-refractivity contribution in [2.45, 2.75) is 18.2 Å². The zero-order chi connectivity index (χ0) is 20.8. The lowest BCUT2D eigenvalue weighted by Gasteiger charge is -2.16. The molecule has 0 spiro atoms. The average Bonchev–Trinajstić information content (AvgIpc) is 3.09. The van der Waals surface area contributed by atoms with Crippen molar-refractivity contribution in [3.8, 4) is 11.5 Å². The zero-order valence-electron chi connectivity index (χ0n) is 16.3. The third kappa shape index (κ3) is 5.30. The number of methoxy groups -OCH3 is 1. The number of thioether (sulfide) groups is 1. The lowest BCUT2D eigenvalue weighted by Crippen LogP contribution is -2.15. The van der Waals surface area contributed by atoms with E-state index in [0.717, 1.165) is 10.2 Å². The number of ether oxygens (including phenoxy) is 2. The highest BCUT2D eigenvalue weighted by Gasteiger charge is 2.19. The number of carbonyl (C=O) groups excluding carboxylic acids is 1. The zero-order valence-corrected chi connectivity index (χ0v) is 18.7. The molecular weight excluding hydrogens is 456 g/mol. The van der Waals surface area contributed by atoms with Crippen LogP contribution in [-0.4, -0.2) is 33.5 Å². The number of nitrogens with zero attached hydrogens (tertiary/aromatic N) is 3. The molecule has 0 aliphatic carbocycles. The van der Waals surface area contributed by atoms with Gasteiger partial charge in [0.2, 0.25) is 5.91 Å². The molecule has 9 heteroatoms. The standard InChI is InChI=1S/C20H21BrN4O3S/c1-13(28-17-11-7-6-10-16(17)27-3)19-23-24-20(25(19)2)29-12-18(26)22-15-9-5-4-8-14(15)21/h4-11,13H,12H2,1-3H3,(H,22,26). The molecule has 152 valence electrons. The summed E-state index contributed by atoms with van der Waals surface area (Å²) in [7, 11) is 3.45. The molecule has 0 saturated heterocycles. The fourth-order valence-corrected chi connectivity index (χ4v) is 3.75. The largest absolute Gasteiger partial charge is 0.493 e. The Hall–Kier alpha value is -2.52. The molecule has 1 aromatic heterocycles. The minimum Gasteiger partial charge on any atom is -0.493 e. The second-order valence-corrected chi connectivity index (χ2v) is 7.92. The summed E-state index contributed by atoms with van der Waals surface area (Å²) >= 11 is 4.73. The molecule has 1 atom stereocenters. The molecular formula is C20H21BrN4O3S. The molecule has 1 unspecified atom stereocenters. The van der Waals surface area contributed by atoms with Gasteiger partial charge in [-0.25, -0.2) is 0 Å². The first-order chi connectivity index (χ1) is 14.0. The maximum absolute atomic E-state index is 12.3. The number of anilines is 1. The highest BCUT2D eigenvalue weighted by molar-refractivity contribution is 9.10. The number of halogens is 1. The molecule has 29 heavy (non-hydrogen) atoms. The van der Waals surface area contributed by atoms with Crippen molar-refractivity contribution in [1.29, 1.82) is 0 Å². The maximum Gasteiger partial charge on any atom is 0.234 e. The number of amides is 1. The van der Waals surface area contributed by atoms with Crippen molar-refractivity contribution in [2.75, 3.05) is 18.2 Å². The van der Waals surface area contributed by atoms with Gasteiger partial charge in [-0.1, -0.05) is 36.0 Å². The van der Waals surface area contributed by atoms with Gasteiger partial charge in [-0.3, -0.25) is 4.79 Å². The van der Waals surface area contributed by atoms with Crippen LogP contribution < -0.4 is 14.8 Å². The van der Waals surface area contributed by atoms with Crippen LogP contribution in [0.3, 0.4) is 0 Å². The SMILES string of the molecule is COc1ccccc1OC(C)c1nnc(SCC(=O)Nc2ccccc2Br)n1C. The van der Waals surface area contributed by atoms with Crippen LogP contribution in [0, 0.1) is 0 Å². The maximum atomic E-state index is 12.3. The Labute approximate surface area is 181 Å². The molecule has 2 aromatic carbocycles. The third-order valence-corrected chi connectivity index (χ3v) is 5.80. The van der Waals surface area contributed by atoms with Gasteiger partial charge in [0.1, 0.15) is 0 Å². The molecule has 1 heterocycles. The number of rotatable bonds is 8. The van der Waals surface area contributed by atoms with E-state index in [1.165, 1.54) is 11.8 Å². The lowest BCUT2D eigenvalue weighted by atomic mass is 10.3. The monoisotopic (exact) mass is 476 g/mol. The van der Waals surface area contributed by atoms with E-state index in [0.29, 0.717) is 22.5 Å². The topological polar surface area (TPSA) is 78.3 Å². The highest BCUT2D eigenvalue weighted by Crippen LogP contribution is 2.31. The van der Waals surface area contributed by atoms with Crippen LogP contribution in [-0.2, 0) is 11.8 Å². The Morgan fingerprint density at radius 2 is 1.86 bits per heavy atom. The van der Waals surface area contributed by atoms with Gasteiger partial charge in [0.15, 0.2) is 28.6 Å². The quantitative estimate of drug-likeness (QED) is 0.483. The first-order valence-corrected chi connectivity index (χ1v) is 10.6. The third-order valence-electron chi connectivity index (χ3n) is 4.09. The van der Waals surface area contributed by atoms with Crippen molar-refractivity contribution in [2.24, 2.45) is 7.05 Å². The van der Waals surface area contributed by atoms with Crippen LogP contribution in [0.1, 0.15) is 18.9 Å². The molecule has 0 saturated carbocycles. The van der Waals surface area contributed by atoms with Gasteiger partial charge in [0, 0.05) is 11.5 Å². The van der Waals surface area contributed by atoms with Gasteiger partial charge in [-0.2, -0.15) is 0 Å². The predicted molar refractivity (Wildman–Crippen MR) is 117 cm³/mol. The van der Waals surface area contributed by atoms with E-state index < -0.39 is 0 Å². The Kier molecular flexibility index (Phi) is 7.16.